The topological polar surface area (TPSA) is 109 Å². The number of hydrogen-bond acceptors (Lipinski definition) is 5. The molecule has 0 aliphatic heterocycles. The summed E-state index contributed by atoms with van der Waals surface area (Å²) in [5.41, 5.74) is 1.89. The molecule has 0 aliphatic carbocycles. The van der Waals surface area contributed by atoms with Gasteiger partial charge in [0.15, 0.2) is 0 Å². The van der Waals surface area contributed by atoms with Crippen LogP contribution in [0.5, 0.6) is 0 Å². The molecule has 1 heterocycles. The zero-order valence-electron chi connectivity index (χ0n) is 14.1. The molecule has 0 saturated heterocycles. The lowest BCUT2D eigenvalue weighted by Gasteiger charge is -2.12. The van der Waals surface area contributed by atoms with Crippen LogP contribution >= 0.6 is 0 Å². The van der Waals surface area contributed by atoms with Crippen LogP contribution in [0.1, 0.15) is 41.6 Å². The Balaban J connectivity index is 2.00. The van der Waals surface area contributed by atoms with Crippen LogP contribution in [-0.4, -0.2) is 28.2 Å². The maximum Gasteiger partial charge on any atom is 0.319 e. The van der Waals surface area contributed by atoms with Crippen LogP contribution in [0.4, 0.5) is 10.5 Å². The number of hydrogen-bond donors (Lipinski definition) is 3. The monoisotopic (exact) mass is 331 g/mol. The number of aryl methyl sites for hydroxylation is 2. The van der Waals surface area contributed by atoms with Gasteiger partial charge in [0, 0.05) is 24.2 Å². The second kappa shape index (κ2) is 7.58. The highest BCUT2D eigenvalue weighted by Gasteiger charge is 2.11. The Morgan fingerprint density at radius 3 is 2.58 bits per heavy atom. The molecule has 3 N–H and O–H groups in total. The van der Waals surface area contributed by atoms with Gasteiger partial charge in [-0.15, -0.1) is 10.2 Å². The van der Waals surface area contributed by atoms with Crippen molar-refractivity contribution in [2.24, 2.45) is 0 Å². The number of amides is 3. The van der Waals surface area contributed by atoms with Gasteiger partial charge in [0.25, 0.3) is 5.91 Å². The fraction of sp³-hybridized carbons (Fsp3) is 0.375. The fourth-order valence-corrected chi connectivity index (χ4v) is 1.97. The molecule has 0 bridgehead atoms. The highest BCUT2D eigenvalue weighted by Crippen LogP contribution is 2.17. The fourth-order valence-electron chi connectivity index (χ4n) is 1.97. The van der Waals surface area contributed by atoms with Crippen LogP contribution < -0.4 is 16.0 Å². The molecule has 8 heteroatoms. The molecule has 0 unspecified atom stereocenters. The van der Waals surface area contributed by atoms with Crippen molar-refractivity contribution in [2.45, 2.75) is 40.3 Å². The summed E-state index contributed by atoms with van der Waals surface area (Å²) in [6, 6.07) is 4.76. The van der Waals surface area contributed by atoms with Crippen molar-refractivity contribution in [1.82, 2.24) is 20.8 Å². The van der Waals surface area contributed by atoms with E-state index in [4.69, 9.17) is 4.42 Å². The minimum Gasteiger partial charge on any atom is -0.424 e. The van der Waals surface area contributed by atoms with Crippen LogP contribution in [0.3, 0.4) is 0 Å². The van der Waals surface area contributed by atoms with E-state index in [0.717, 1.165) is 5.56 Å². The number of benzene rings is 1. The van der Waals surface area contributed by atoms with E-state index in [1.807, 2.05) is 20.8 Å². The highest BCUT2D eigenvalue weighted by molar-refractivity contribution is 5.97. The van der Waals surface area contributed by atoms with Crippen molar-refractivity contribution >= 4 is 17.6 Å². The molecule has 24 heavy (non-hydrogen) atoms. The number of aromatic nitrogens is 2. The van der Waals surface area contributed by atoms with Gasteiger partial charge < -0.3 is 20.4 Å². The molecule has 0 saturated carbocycles. The Labute approximate surface area is 140 Å². The first kappa shape index (κ1) is 17.5. The molecule has 0 radical (unpaired) electrons. The molecule has 1 aromatic carbocycles. The Hall–Kier alpha value is -2.90. The number of anilines is 1. The number of rotatable bonds is 5. The summed E-state index contributed by atoms with van der Waals surface area (Å²) in [4.78, 5) is 24.0. The van der Waals surface area contributed by atoms with Gasteiger partial charge in [0.05, 0.1) is 6.54 Å². The minimum absolute atomic E-state index is 0.0383. The van der Waals surface area contributed by atoms with Crippen LogP contribution in [0.25, 0.3) is 0 Å². The van der Waals surface area contributed by atoms with Gasteiger partial charge in [-0.3, -0.25) is 4.79 Å². The molecule has 2 rings (SSSR count). The van der Waals surface area contributed by atoms with Crippen molar-refractivity contribution in [3.05, 3.63) is 41.1 Å². The smallest absolute Gasteiger partial charge is 0.319 e. The van der Waals surface area contributed by atoms with E-state index in [-0.39, 0.29) is 18.5 Å². The average Bonchev–Trinajstić information content (AvgIpc) is 2.92. The molecular weight excluding hydrogens is 310 g/mol. The average molecular weight is 331 g/mol. The summed E-state index contributed by atoms with van der Waals surface area (Å²) >= 11 is 0. The number of nitrogens with one attached hydrogen (secondary N) is 3. The lowest BCUT2D eigenvalue weighted by molar-refractivity contribution is 0.0943. The van der Waals surface area contributed by atoms with Gasteiger partial charge >= 0.3 is 6.03 Å². The van der Waals surface area contributed by atoms with E-state index in [9.17, 15) is 9.59 Å². The summed E-state index contributed by atoms with van der Waals surface area (Å²) in [7, 11) is 0. The number of carbonyl (C=O) groups excluding carboxylic acids is 2. The molecular formula is C16H21N5O3. The summed E-state index contributed by atoms with van der Waals surface area (Å²) in [5, 5.41) is 15.6. The second-order valence-electron chi connectivity index (χ2n) is 5.68. The SMILES string of the molecule is Cc1nnc(CNC(=O)Nc2cc(C(=O)NC(C)C)ccc2C)o1. The summed E-state index contributed by atoms with van der Waals surface area (Å²) < 4.78 is 5.18. The molecule has 0 aliphatic rings. The van der Waals surface area contributed by atoms with Crippen LogP contribution in [0.15, 0.2) is 22.6 Å². The maximum absolute atomic E-state index is 12.1. The van der Waals surface area contributed by atoms with E-state index < -0.39 is 6.03 Å². The molecule has 8 nitrogen and oxygen atoms in total. The van der Waals surface area contributed by atoms with Gasteiger partial charge in [0.1, 0.15) is 0 Å². The van der Waals surface area contributed by atoms with Crippen LogP contribution in [0.2, 0.25) is 0 Å². The summed E-state index contributed by atoms with van der Waals surface area (Å²) in [5.74, 6) is 0.575. The molecule has 128 valence electrons. The van der Waals surface area contributed by atoms with Crippen molar-refractivity contribution in [3.63, 3.8) is 0 Å². The number of nitrogens with zero attached hydrogens (tertiary/aromatic N) is 2. The summed E-state index contributed by atoms with van der Waals surface area (Å²) in [6.45, 7) is 7.42. The second-order valence-corrected chi connectivity index (χ2v) is 5.68. The lowest BCUT2D eigenvalue weighted by Crippen LogP contribution is -2.31. The van der Waals surface area contributed by atoms with E-state index in [1.54, 1.807) is 25.1 Å². The van der Waals surface area contributed by atoms with Crippen LogP contribution in [-0.2, 0) is 6.54 Å². The van der Waals surface area contributed by atoms with E-state index in [2.05, 4.69) is 26.1 Å². The number of carbonyl (C=O) groups is 2. The van der Waals surface area contributed by atoms with Crippen LogP contribution in [0, 0.1) is 13.8 Å². The van der Waals surface area contributed by atoms with Crippen molar-refractivity contribution < 1.29 is 14.0 Å². The molecule has 1 aromatic heterocycles. The highest BCUT2D eigenvalue weighted by atomic mass is 16.4. The zero-order chi connectivity index (χ0) is 17.7. The standard InChI is InChI=1S/C16H21N5O3/c1-9(2)18-15(22)12-6-5-10(3)13(7-12)19-16(23)17-8-14-21-20-11(4)24-14/h5-7,9H,8H2,1-4H3,(H,18,22)(H2,17,19,23). The third-order valence-electron chi connectivity index (χ3n) is 3.14. The Kier molecular flexibility index (Phi) is 5.51. The third kappa shape index (κ3) is 4.80. The first-order valence-electron chi connectivity index (χ1n) is 7.60. The van der Waals surface area contributed by atoms with Crippen molar-refractivity contribution in [3.8, 4) is 0 Å². The van der Waals surface area contributed by atoms with Gasteiger partial charge in [0.2, 0.25) is 11.8 Å². The van der Waals surface area contributed by atoms with E-state index in [0.29, 0.717) is 23.0 Å². The Morgan fingerprint density at radius 2 is 1.96 bits per heavy atom. The first-order chi connectivity index (χ1) is 11.3. The quantitative estimate of drug-likeness (QED) is 0.778. The first-order valence-corrected chi connectivity index (χ1v) is 7.60. The number of urea groups is 1. The van der Waals surface area contributed by atoms with Gasteiger partial charge in [-0.2, -0.15) is 0 Å². The lowest BCUT2D eigenvalue weighted by atomic mass is 10.1. The minimum atomic E-state index is -0.421. The molecule has 2 aromatic rings. The van der Waals surface area contributed by atoms with Crippen molar-refractivity contribution in [2.75, 3.05) is 5.32 Å². The van der Waals surface area contributed by atoms with E-state index in [1.165, 1.54) is 0 Å². The van der Waals surface area contributed by atoms with Gasteiger partial charge in [-0.25, -0.2) is 4.79 Å². The predicted octanol–water partition coefficient (Wildman–Crippen LogP) is 2.15. The van der Waals surface area contributed by atoms with Crippen molar-refractivity contribution in [1.29, 1.82) is 0 Å². The molecule has 0 atom stereocenters. The van der Waals surface area contributed by atoms with Gasteiger partial charge in [-0.1, -0.05) is 6.07 Å². The third-order valence-corrected chi connectivity index (χ3v) is 3.14. The van der Waals surface area contributed by atoms with E-state index >= 15 is 0 Å². The molecule has 3 amide bonds. The maximum atomic E-state index is 12.1. The molecule has 0 fully saturated rings. The van der Waals surface area contributed by atoms with Gasteiger partial charge in [-0.05, 0) is 38.5 Å². The molecule has 0 spiro atoms. The Morgan fingerprint density at radius 1 is 1.21 bits per heavy atom. The zero-order valence-corrected chi connectivity index (χ0v) is 14.1. The normalized spacial score (nSPS) is 10.5. The summed E-state index contributed by atoms with van der Waals surface area (Å²) in [6.07, 6.45) is 0. The largest absolute Gasteiger partial charge is 0.424 e. The Bertz CT molecular complexity index is 739. The predicted molar refractivity (Wildman–Crippen MR) is 88.7 cm³/mol.